The molecule has 0 amide bonds. The van der Waals surface area contributed by atoms with Crippen LogP contribution in [0.2, 0.25) is 0 Å². The molecule has 2 aromatic heterocycles. The molecule has 5 rings (SSSR count). The summed E-state index contributed by atoms with van der Waals surface area (Å²) in [6, 6.07) is 11.8. The first-order valence-corrected chi connectivity index (χ1v) is 10.3. The van der Waals surface area contributed by atoms with Crippen LogP contribution in [0.3, 0.4) is 0 Å². The molecule has 5 heteroatoms. The standard InChI is InChI=1S/C20H24N4S/c1-14-13-24-19(17-10-6-12-23(17)15-7-2-3-8-15)18(22-20(24)25-14)16-9-4-5-11-21-16/h4-6,9-12,14-15,18-19H,2-3,7-8,13H2,1H3/t14-,18+,19-/m1/s1. The maximum absolute atomic E-state index is 5.11. The van der Waals surface area contributed by atoms with Gasteiger partial charge in [0.2, 0.25) is 0 Å². The second-order valence-electron chi connectivity index (χ2n) is 7.42. The second kappa shape index (κ2) is 6.20. The zero-order valence-electron chi connectivity index (χ0n) is 14.6. The van der Waals surface area contributed by atoms with Crippen LogP contribution in [0.15, 0.2) is 47.7 Å². The lowest BCUT2D eigenvalue weighted by Crippen LogP contribution is -2.30. The van der Waals surface area contributed by atoms with Gasteiger partial charge in [-0.25, -0.2) is 0 Å². The largest absolute Gasteiger partial charge is 0.346 e. The second-order valence-corrected chi connectivity index (χ2v) is 8.82. The Labute approximate surface area is 153 Å². The highest BCUT2D eigenvalue weighted by Crippen LogP contribution is 2.48. The SMILES string of the molecule is C[C@@H]1CN2C(=N[C@@H](c3ccccn3)[C@H]2c2cccn2C2CCCC2)S1. The van der Waals surface area contributed by atoms with Gasteiger partial charge in [-0.3, -0.25) is 9.98 Å². The molecule has 0 bridgehead atoms. The van der Waals surface area contributed by atoms with Crippen LogP contribution in [0, 0.1) is 0 Å². The highest BCUT2D eigenvalue weighted by atomic mass is 32.2. The number of fused-ring (bicyclic) bond motifs is 1. The molecule has 0 radical (unpaired) electrons. The lowest BCUT2D eigenvalue weighted by molar-refractivity contribution is 0.299. The third-order valence-corrected chi connectivity index (χ3v) is 6.82. The third kappa shape index (κ3) is 2.60. The molecule has 3 atom stereocenters. The molecule has 0 spiro atoms. The molecule has 1 saturated carbocycles. The van der Waals surface area contributed by atoms with E-state index in [9.17, 15) is 0 Å². The maximum Gasteiger partial charge on any atom is 0.160 e. The molecule has 1 saturated heterocycles. The Morgan fingerprint density at radius 3 is 2.80 bits per heavy atom. The summed E-state index contributed by atoms with van der Waals surface area (Å²) < 4.78 is 2.54. The van der Waals surface area contributed by atoms with Crippen molar-refractivity contribution in [1.82, 2.24) is 14.5 Å². The van der Waals surface area contributed by atoms with Crippen LogP contribution in [0.25, 0.3) is 0 Å². The minimum atomic E-state index is 0.103. The molecule has 2 aromatic rings. The van der Waals surface area contributed by atoms with Crippen molar-refractivity contribution in [2.45, 2.75) is 56.0 Å². The van der Waals surface area contributed by atoms with Crippen molar-refractivity contribution in [3.05, 3.63) is 54.1 Å². The fourth-order valence-electron chi connectivity index (χ4n) is 4.61. The van der Waals surface area contributed by atoms with Gasteiger partial charge in [0.25, 0.3) is 0 Å². The van der Waals surface area contributed by atoms with E-state index < -0.39 is 0 Å². The van der Waals surface area contributed by atoms with Gasteiger partial charge in [-0.2, -0.15) is 0 Å². The van der Waals surface area contributed by atoms with Gasteiger partial charge >= 0.3 is 0 Å². The van der Waals surface area contributed by atoms with E-state index >= 15 is 0 Å². The van der Waals surface area contributed by atoms with E-state index in [2.05, 4.69) is 51.8 Å². The molecule has 4 nitrogen and oxygen atoms in total. The summed E-state index contributed by atoms with van der Waals surface area (Å²) >= 11 is 1.91. The monoisotopic (exact) mass is 352 g/mol. The zero-order chi connectivity index (χ0) is 16.8. The van der Waals surface area contributed by atoms with Crippen molar-refractivity contribution in [2.24, 2.45) is 4.99 Å². The van der Waals surface area contributed by atoms with Gasteiger partial charge in [-0.05, 0) is 37.1 Å². The van der Waals surface area contributed by atoms with Crippen molar-refractivity contribution in [1.29, 1.82) is 0 Å². The average Bonchev–Trinajstić information content (AvgIpc) is 3.38. The zero-order valence-corrected chi connectivity index (χ0v) is 15.4. The van der Waals surface area contributed by atoms with Gasteiger partial charge in [0.05, 0.1) is 11.7 Å². The Balaban J connectivity index is 1.57. The van der Waals surface area contributed by atoms with E-state index in [0.29, 0.717) is 11.3 Å². The van der Waals surface area contributed by atoms with E-state index in [1.165, 1.54) is 36.5 Å². The first kappa shape index (κ1) is 15.5. The predicted molar refractivity (Wildman–Crippen MR) is 103 cm³/mol. The fourth-order valence-corrected chi connectivity index (χ4v) is 5.70. The van der Waals surface area contributed by atoms with Crippen LogP contribution in [-0.4, -0.2) is 31.4 Å². The molecule has 0 N–H and O–H groups in total. The molecule has 2 fully saturated rings. The summed E-state index contributed by atoms with van der Waals surface area (Å²) in [4.78, 5) is 12.3. The lowest BCUT2D eigenvalue weighted by Gasteiger charge is -2.30. The van der Waals surface area contributed by atoms with Crippen LogP contribution < -0.4 is 0 Å². The van der Waals surface area contributed by atoms with Crippen LogP contribution in [0.1, 0.15) is 62.1 Å². The first-order valence-electron chi connectivity index (χ1n) is 9.40. The Kier molecular flexibility index (Phi) is 3.85. The van der Waals surface area contributed by atoms with Crippen LogP contribution in [0.5, 0.6) is 0 Å². The normalized spacial score (nSPS) is 29.2. The molecule has 3 aliphatic rings. The third-order valence-electron chi connectivity index (χ3n) is 5.71. The number of hydrogen-bond donors (Lipinski definition) is 0. The molecular weight excluding hydrogens is 328 g/mol. The summed E-state index contributed by atoms with van der Waals surface area (Å²) in [6.07, 6.45) is 9.50. The van der Waals surface area contributed by atoms with E-state index in [4.69, 9.17) is 4.99 Å². The number of nitrogens with zero attached hydrogens (tertiary/aromatic N) is 4. The predicted octanol–water partition coefficient (Wildman–Crippen LogP) is 4.59. The molecule has 0 aromatic carbocycles. The van der Waals surface area contributed by atoms with E-state index in [1.807, 2.05) is 24.0 Å². The molecule has 4 heterocycles. The van der Waals surface area contributed by atoms with E-state index in [-0.39, 0.29) is 12.1 Å². The van der Waals surface area contributed by atoms with Gasteiger partial charge in [0, 0.05) is 35.9 Å². The number of pyridine rings is 1. The lowest BCUT2D eigenvalue weighted by atomic mass is 10.0. The maximum atomic E-state index is 5.11. The summed E-state index contributed by atoms with van der Waals surface area (Å²) in [5, 5.41) is 1.81. The summed E-state index contributed by atoms with van der Waals surface area (Å²) in [6.45, 7) is 3.38. The minimum Gasteiger partial charge on any atom is -0.346 e. The Bertz CT molecular complexity index is 778. The Morgan fingerprint density at radius 1 is 1.12 bits per heavy atom. The highest BCUT2D eigenvalue weighted by Gasteiger charge is 2.44. The summed E-state index contributed by atoms with van der Waals surface area (Å²) in [5.74, 6) is 0. The van der Waals surface area contributed by atoms with Crippen LogP contribution >= 0.6 is 11.8 Å². The van der Waals surface area contributed by atoms with Crippen molar-refractivity contribution >= 4 is 16.9 Å². The highest BCUT2D eigenvalue weighted by molar-refractivity contribution is 8.14. The van der Waals surface area contributed by atoms with Gasteiger partial charge < -0.3 is 9.47 Å². The van der Waals surface area contributed by atoms with Gasteiger partial charge in [-0.1, -0.05) is 37.6 Å². The molecule has 0 unspecified atom stereocenters. The molecular formula is C20H24N4S. The number of hydrogen-bond acceptors (Lipinski definition) is 4. The molecule has 25 heavy (non-hydrogen) atoms. The summed E-state index contributed by atoms with van der Waals surface area (Å²) in [5.41, 5.74) is 2.50. The van der Waals surface area contributed by atoms with Gasteiger partial charge in [-0.15, -0.1) is 0 Å². The Hall–Kier alpha value is -1.75. The first-order chi connectivity index (χ1) is 12.3. The smallest absolute Gasteiger partial charge is 0.160 e. The number of rotatable bonds is 3. The van der Waals surface area contributed by atoms with Crippen molar-refractivity contribution in [2.75, 3.05) is 6.54 Å². The molecule has 2 aliphatic heterocycles. The van der Waals surface area contributed by atoms with Gasteiger partial charge in [0.15, 0.2) is 5.17 Å². The Morgan fingerprint density at radius 2 is 2.00 bits per heavy atom. The van der Waals surface area contributed by atoms with Gasteiger partial charge in [0.1, 0.15) is 6.04 Å². The average molecular weight is 353 g/mol. The number of thioether (sulfide) groups is 1. The fraction of sp³-hybridized carbons (Fsp3) is 0.500. The van der Waals surface area contributed by atoms with Crippen LogP contribution in [0.4, 0.5) is 0 Å². The number of amidine groups is 1. The van der Waals surface area contributed by atoms with Crippen LogP contribution in [-0.2, 0) is 0 Å². The molecule has 1 aliphatic carbocycles. The molecule has 130 valence electrons. The number of aliphatic imine (C=N–C) groups is 1. The van der Waals surface area contributed by atoms with E-state index in [1.54, 1.807) is 0 Å². The van der Waals surface area contributed by atoms with Crippen molar-refractivity contribution < 1.29 is 0 Å². The summed E-state index contributed by atoms with van der Waals surface area (Å²) in [7, 11) is 0. The minimum absolute atomic E-state index is 0.103. The van der Waals surface area contributed by atoms with Crippen molar-refractivity contribution in [3.63, 3.8) is 0 Å². The number of aromatic nitrogens is 2. The quantitative estimate of drug-likeness (QED) is 0.810. The topological polar surface area (TPSA) is 33.4 Å². The van der Waals surface area contributed by atoms with E-state index in [0.717, 1.165) is 12.2 Å². The van der Waals surface area contributed by atoms with Crippen molar-refractivity contribution in [3.8, 4) is 0 Å².